The summed E-state index contributed by atoms with van der Waals surface area (Å²) >= 11 is 0. The topological polar surface area (TPSA) is 59.5 Å². The van der Waals surface area contributed by atoms with Crippen LogP contribution in [0.5, 0.6) is 0 Å². The van der Waals surface area contributed by atoms with Crippen LogP contribution in [0, 0.1) is 5.82 Å². The van der Waals surface area contributed by atoms with Gasteiger partial charge >= 0.3 is 5.97 Å². The van der Waals surface area contributed by atoms with Gasteiger partial charge in [0, 0.05) is 29.2 Å². The number of esters is 1. The van der Waals surface area contributed by atoms with Gasteiger partial charge in [0.25, 0.3) is 5.91 Å². The third-order valence-electron chi connectivity index (χ3n) is 5.03. The summed E-state index contributed by atoms with van der Waals surface area (Å²) in [6.07, 6.45) is 2.14. The van der Waals surface area contributed by atoms with E-state index in [1.54, 1.807) is 13.0 Å². The number of likely N-dealkylation sites (N-methyl/N-ethyl adjacent to an activating group) is 1. The average Bonchev–Trinajstić information content (AvgIpc) is 3.58. The SMILES string of the molecule is CCN(C(=O)COC(=O)c1cc(C2CC2)nc2ccccc12)c1ccc(F)cc1. The van der Waals surface area contributed by atoms with E-state index in [2.05, 4.69) is 4.98 Å². The van der Waals surface area contributed by atoms with Gasteiger partial charge in [0.1, 0.15) is 5.82 Å². The first kappa shape index (κ1) is 19.1. The van der Waals surface area contributed by atoms with Gasteiger partial charge in [-0.15, -0.1) is 0 Å². The number of rotatable bonds is 6. The summed E-state index contributed by atoms with van der Waals surface area (Å²) in [5.41, 5.74) is 2.62. The summed E-state index contributed by atoms with van der Waals surface area (Å²) in [6, 6.07) is 14.8. The number of para-hydroxylation sites is 1. The Morgan fingerprint density at radius 3 is 2.55 bits per heavy atom. The summed E-state index contributed by atoms with van der Waals surface area (Å²) in [6.45, 7) is 1.80. The first-order valence-corrected chi connectivity index (χ1v) is 9.69. The smallest absolute Gasteiger partial charge is 0.339 e. The minimum absolute atomic E-state index is 0.367. The number of hydrogen-bond acceptors (Lipinski definition) is 4. The molecule has 0 bridgehead atoms. The molecule has 3 aromatic rings. The maximum atomic E-state index is 13.1. The number of fused-ring (bicyclic) bond motifs is 1. The molecule has 1 heterocycles. The Morgan fingerprint density at radius 1 is 1.14 bits per heavy atom. The highest BCUT2D eigenvalue weighted by atomic mass is 19.1. The molecule has 2 aromatic carbocycles. The average molecular weight is 392 g/mol. The van der Waals surface area contributed by atoms with E-state index in [0.29, 0.717) is 29.1 Å². The quantitative estimate of drug-likeness (QED) is 0.581. The lowest BCUT2D eigenvalue weighted by molar-refractivity contribution is -0.121. The summed E-state index contributed by atoms with van der Waals surface area (Å²) in [4.78, 5) is 31.5. The van der Waals surface area contributed by atoms with E-state index in [1.165, 1.54) is 29.2 Å². The zero-order valence-electron chi connectivity index (χ0n) is 16.1. The molecule has 1 aliphatic rings. The number of hydrogen-bond donors (Lipinski definition) is 0. The lowest BCUT2D eigenvalue weighted by atomic mass is 10.1. The molecular weight excluding hydrogens is 371 g/mol. The number of carbonyl (C=O) groups excluding carboxylic acids is 2. The molecule has 0 unspecified atom stereocenters. The fraction of sp³-hybridized carbons (Fsp3) is 0.261. The van der Waals surface area contributed by atoms with Crippen molar-refractivity contribution in [2.45, 2.75) is 25.7 Å². The first-order chi connectivity index (χ1) is 14.1. The third-order valence-corrected chi connectivity index (χ3v) is 5.03. The van der Waals surface area contributed by atoms with E-state index in [1.807, 2.05) is 24.3 Å². The van der Waals surface area contributed by atoms with Gasteiger partial charge in [-0.2, -0.15) is 0 Å². The molecule has 1 amide bonds. The van der Waals surface area contributed by atoms with Gasteiger partial charge in [-0.1, -0.05) is 18.2 Å². The minimum Gasteiger partial charge on any atom is -0.452 e. The van der Waals surface area contributed by atoms with E-state index in [9.17, 15) is 14.0 Å². The van der Waals surface area contributed by atoms with Crippen molar-refractivity contribution in [1.82, 2.24) is 4.98 Å². The molecule has 4 rings (SSSR count). The molecule has 1 fully saturated rings. The number of halogens is 1. The minimum atomic E-state index is -0.547. The molecular formula is C23H21FN2O3. The van der Waals surface area contributed by atoms with Crippen molar-refractivity contribution in [1.29, 1.82) is 0 Å². The molecule has 0 saturated heterocycles. The molecule has 0 spiro atoms. The Kier molecular flexibility index (Phi) is 5.25. The number of pyridine rings is 1. The van der Waals surface area contributed by atoms with Gasteiger partial charge in [-0.25, -0.2) is 9.18 Å². The van der Waals surface area contributed by atoms with Gasteiger partial charge in [0.05, 0.1) is 11.1 Å². The van der Waals surface area contributed by atoms with Crippen LogP contribution in [0.1, 0.15) is 41.7 Å². The molecule has 5 nitrogen and oxygen atoms in total. The molecule has 0 aliphatic heterocycles. The molecule has 148 valence electrons. The lowest BCUT2D eigenvalue weighted by Crippen LogP contribution is -2.34. The number of nitrogens with zero attached hydrogens (tertiary/aromatic N) is 2. The van der Waals surface area contributed by atoms with E-state index < -0.39 is 5.97 Å². The van der Waals surface area contributed by atoms with Crippen molar-refractivity contribution in [3.05, 3.63) is 71.7 Å². The van der Waals surface area contributed by atoms with Crippen LogP contribution in [-0.4, -0.2) is 30.0 Å². The van der Waals surface area contributed by atoms with Crippen molar-refractivity contribution >= 4 is 28.5 Å². The van der Waals surface area contributed by atoms with Gasteiger partial charge in [0.15, 0.2) is 6.61 Å². The first-order valence-electron chi connectivity index (χ1n) is 9.69. The van der Waals surface area contributed by atoms with Crippen LogP contribution in [0.15, 0.2) is 54.6 Å². The van der Waals surface area contributed by atoms with E-state index in [0.717, 1.165) is 24.1 Å². The van der Waals surface area contributed by atoms with Crippen LogP contribution in [0.3, 0.4) is 0 Å². The highest BCUT2D eigenvalue weighted by molar-refractivity contribution is 6.04. The summed E-state index contributed by atoms with van der Waals surface area (Å²) < 4.78 is 18.5. The van der Waals surface area contributed by atoms with Gasteiger partial charge in [-0.3, -0.25) is 9.78 Å². The summed E-state index contributed by atoms with van der Waals surface area (Å²) in [5.74, 6) is -0.899. The van der Waals surface area contributed by atoms with Crippen LogP contribution in [0.4, 0.5) is 10.1 Å². The zero-order chi connectivity index (χ0) is 20.4. The molecule has 1 aliphatic carbocycles. The fourth-order valence-corrected chi connectivity index (χ4v) is 3.36. The fourth-order valence-electron chi connectivity index (χ4n) is 3.36. The maximum Gasteiger partial charge on any atom is 0.339 e. The van der Waals surface area contributed by atoms with E-state index in [-0.39, 0.29) is 18.3 Å². The number of anilines is 1. The highest BCUT2D eigenvalue weighted by Crippen LogP contribution is 2.40. The van der Waals surface area contributed by atoms with E-state index >= 15 is 0 Å². The second kappa shape index (κ2) is 7.99. The van der Waals surface area contributed by atoms with Crippen molar-refractivity contribution < 1.29 is 18.7 Å². The molecule has 6 heteroatoms. The molecule has 0 atom stereocenters. The van der Waals surface area contributed by atoms with Crippen molar-refractivity contribution in [3.8, 4) is 0 Å². The molecule has 1 aromatic heterocycles. The third kappa shape index (κ3) is 4.11. The molecule has 1 saturated carbocycles. The second-order valence-electron chi connectivity index (χ2n) is 7.08. The standard InChI is InChI=1S/C23H21FN2O3/c1-2-26(17-11-9-16(24)10-12-17)22(27)14-29-23(28)19-13-21(15-7-8-15)25-20-6-4-3-5-18(19)20/h3-6,9-13,15H,2,7-8,14H2,1H3. The van der Waals surface area contributed by atoms with Crippen LogP contribution < -0.4 is 4.90 Å². The van der Waals surface area contributed by atoms with Crippen LogP contribution in [-0.2, 0) is 9.53 Å². The zero-order valence-corrected chi connectivity index (χ0v) is 16.1. The number of ether oxygens (including phenoxy) is 1. The Bertz CT molecular complexity index is 1060. The predicted octanol–water partition coefficient (Wildman–Crippen LogP) is 4.46. The number of benzene rings is 2. The summed E-state index contributed by atoms with van der Waals surface area (Å²) in [5, 5.41) is 0.709. The number of aromatic nitrogens is 1. The normalized spacial score (nSPS) is 13.3. The van der Waals surface area contributed by atoms with Crippen LogP contribution >= 0.6 is 0 Å². The maximum absolute atomic E-state index is 13.1. The van der Waals surface area contributed by atoms with Crippen LogP contribution in [0.2, 0.25) is 0 Å². The molecule has 0 radical (unpaired) electrons. The van der Waals surface area contributed by atoms with E-state index in [4.69, 9.17) is 4.74 Å². The molecule has 0 N–H and O–H groups in total. The Labute approximate surface area is 168 Å². The molecule has 29 heavy (non-hydrogen) atoms. The monoisotopic (exact) mass is 392 g/mol. The highest BCUT2D eigenvalue weighted by Gasteiger charge is 2.27. The van der Waals surface area contributed by atoms with Gasteiger partial charge in [-0.05, 0) is 56.2 Å². The Hall–Kier alpha value is -3.28. The summed E-state index contributed by atoms with van der Waals surface area (Å²) in [7, 11) is 0. The van der Waals surface area contributed by atoms with Crippen molar-refractivity contribution in [2.75, 3.05) is 18.1 Å². The number of carbonyl (C=O) groups is 2. The number of amides is 1. The largest absolute Gasteiger partial charge is 0.452 e. The second-order valence-corrected chi connectivity index (χ2v) is 7.08. The van der Waals surface area contributed by atoms with Crippen molar-refractivity contribution in [3.63, 3.8) is 0 Å². The van der Waals surface area contributed by atoms with Gasteiger partial charge in [0.2, 0.25) is 0 Å². The van der Waals surface area contributed by atoms with Gasteiger partial charge < -0.3 is 9.64 Å². The Balaban J connectivity index is 1.52. The predicted molar refractivity (Wildman–Crippen MR) is 108 cm³/mol. The Morgan fingerprint density at radius 2 is 1.86 bits per heavy atom. The lowest BCUT2D eigenvalue weighted by Gasteiger charge is -2.21. The van der Waals surface area contributed by atoms with Crippen molar-refractivity contribution in [2.24, 2.45) is 0 Å². The van der Waals surface area contributed by atoms with Crippen LogP contribution in [0.25, 0.3) is 10.9 Å².